The molecule has 0 saturated carbocycles. The predicted molar refractivity (Wildman–Crippen MR) is 65.0 cm³/mol. The Hall–Kier alpha value is -2.29. The van der Waals surface area contributed by atoms with Gasteiger partial charge in [0, 0.05) is 18.1 Å². The molecule has 17 heavy (non-hydrogen) atoms. The van der Waals surface area contributed by atoms with E-state index >= 15 is 0 Å². The Morgan fingerprint density at radius 3 is 2.35 bits per heavy atom. The van der Waals surface area contributed by atoms with E-state index in [0.717, 1.165) is 11.1 Å². The molecule has 0 amide bonds. The summed E-state index contributed by atoms with van der Waals surface area (Å²) in [6, 6.07) is 15.2. The Kier molecular flexibility index (Phi) is 3.10. The van der Waals surface area contributed by atoms with Crippen molar-refractivity contribution in [1.82, 2.24) is 0 Å². The number of carbonyl (C=O) groups is 1. The van der Waals surface area contributed by atoms with Crippen molar-refractivity contribution < 1.29 is 9.90 Å². The molecule has 0 unspecified atom stereocenters. The third-order valence-electron chi connectivity index (χ3n) is 2.59. The molecular weight excluding hydrogens is 214 g/mol. The van der Waals surface area contributed by atoms with Crippen molar-refractivity contribution in [3.8, 4) is 11.1 Å². The van der Waals surface area contributed by atoms with Crippen LogP contribution in [0.5, 0.6) is 0 Å². The Balaban J connectivity index is 2.34. The molecule has 0 fully saturated rings. The maximum atomic E-state index is 10.5. The van der Waals surface area contributed by atoms with Gasteiger partial charge in [0.15, 0.2) is 0 Å². The fourth-order valence-corrected chi connectivity index (χ4v) is 1.72. The van der Waals surface area contributed by atoms with Crippen molar-refractivity contribution in [2.24, 2.45) is 0 Å². The van der Waals surface area contributed by atoms with Crippen LogP contribution < -0.4 is 10.8 Å². The topological polar surface area (TPSA) is 66.2 Å². The average molecular weight is 226 g/mol. The van der Waals surface area contributed by atoms with Crippen LogP contribution >= 0.6 is 0 Å². The van der Waals surface area contributed by atoms with E-state index in [2.05, 4.69) is 0 Å². The minimum absolute atomic E-state index is 0.152. The number of benzene rings is 2. The summed E-state index contributed by atoms with van der Waals surface area (Å²) >= 11 is 0. The van der Waals surface area contributed by atoms with E-state index in [1.165, 1.54) is 0 Å². The third kappa shape index (κ3) is 2.64. The molecule has 2 aromatic rings. The molecule has 2 N–H and O–H groups in total. The summed E-state index contributed by atoms with van der Waals surface area (Å²) in [5.41, 5.74) is 8.92. The minimum Gasteiger partial charge on any atom is -0.550 e. The van der Waals surface area contributed by atoms with Crippen LogP contribution in [0.3, 0.4) is 0 Å². The molecule has 0 heterocycles. The first-order valence-electron chi connectivity index (χ1n) is 5.30. The van der Waals surface area contributed by atoms with Gasteiger partial charge in [-0.05, 0) is 22.8 Å². The van der Waals surface area contributed by atoms with Gasteiger partial charge in [-0.3, -0.25) is 0 Å². The first kappa shape index (κ1) is 11.2. The van der Waals surface area contributed by atoms with Gasteiger partial charge >= 0.3 is 0 Å². The van der Waals surface area contributed by atoms with Crippen molar-refractivity contribution in [3.05, 3.63) is 54.1 Å². The van der Waals surface area contributed by atoms with Crippen LogP contribution in [-0.4, -0.2) is 5.97 Å². The van der Waals surface area contributed by atoms with Gasteiger partial charge < -0.3 is 15.6 Å². The van der Waals surface area contributed by atoms with Gasteiger partial charge in [-0.1, -0.05) is 42.5 Å². The summed E-state index contributed by atoms with van der Waals surface area (Å²) in [6.07, 6.45) is -0.152. The predicted octanol–water partition coefficient (Wildman–Crippen LogP) is 1.23. The molecule has 2 rings (SSSR count). The lowest BCUT2D eigenvalue weighted by Gasteiger charge is -2.09. The maximum absolute atomic E-state index is 10.5. The summed E-state index contributed by atoms with van der Waals surface area (Å²) in [4.78, 5) is 10.5. The van der Waals surface area contributed by atoms with Crippen molar-refractivity contribution in [3.63, 3.8) is 0 Å². The summed E-state index contributed by atoms with van der Waals surface area (Å²) in [7, 11) is 0. The quantitative estimate of drug-likeness (QED) is 0.800. The summed E-state index contributed by atoms with van der Waals surface area (Å²) in [5.74, 6) is -1.12. The van der Waals surface area contributed by atoms with E-state index < -0.39 is 5.97 Å². The molecule has 0 spiro atoms. The van der Waals surface area contributed by atoms with Crippen molar-refractivity contribution in [2.75, 3.05) is 5.73 Å². The van der Waals surface area contributed by atoms with Gasteiger partial charge in [-0.15, -0.1) is 0 Å². The molecule has 0 radical (unpaired) electrons. The van der Waals surface area contributed by atoms with Gasteiger partial charge in [0.2, 0.25) is 0 Å². The standard InChI is InChI=1S/C14H13NO2/c15-13-8-11(10-4-2-1-3-5-10)6-7-12(13)9-14(16)17/h1-8H,9,15H2,(H,16,17)/p-1. The lowest BCUT2D eigenvalue weighted by atomic mass is 10.0. The molecule has 3 heteroatoms. The van der Waals surface area contributed by atoms with Crippen LogP contribution in [0.2, 0.25) is 0 Å². The Morgan fingerprint density at radius 2 is 1.76 bits per heavy atom. The summed E-state index contributed by atoms with van der Waals surface area (Å²) in [5, 5.41) is 10.5. The van der Waals surface area contributed by atoms with Crippen LogP contribution in [0, 0.1) is 0 Å². The zero-order valence-corrected chi connectivity index (χ0v) is 9.22. The van der Waals surface area contributed by atoms with Gasteiger partial charge in [-0.2, -0.15) is 0 Å². The Bertz CT molecular complexity index is 535. The molecule has 0 atom stereocenters. The number of nitrogen functional groups attached to an aromatic ring is 1. The lowest BCUT2D eigenvalue weighted by Crippen LogP contribution is -2.24. The second kappa shape index (κ2) is 4.70. The fourth-order valence-electron chi connectivity index (χ4n) is 1.72. The molecule has 2 aromatic carbocycles. The van der Waals surface area contributed by atoms with E-state index in [1.807, 2.05) is 36.4 Å². The molecule has 0 aromatic heterocycles. The number of carboxylic acids is 1. The molecule has 0 aliphatic heterocycles. The number of nitrogens with two attached hydrogens (primary N) is 1. The second-order valence-electron chi connectivity index (χ2n) is 3.83. The molecule has 0 saturated heterocycles. The molecule has 0 aliphatic rings. The van der Waals surface area contributed by atoms with E-state index in [9.17, 15) is 9.90 Å². The highest BCUT2D eigenvalue weighted by Crippen LogP contribution is 2.23. The van der Waals surface area contributed by atoms with E-state index in [4.69, 9.17) is 5.73 Å². The van der Waals surface area contributed by atoms with E-state index in [-0.39, 0.29) is 6.42 Å². The molecule has 3 nitrogen and oxygen atoms in total. The van der Waals surface area contributed by atoms with Gasteiger partial charge in [0.25, 0.3) is 0 Å². The molecule has 0 aliphatic carbocycles. The van der Waals surface area contributed by atoms with Crippen LogP contribution in [0.25, 0.3) is 11.1 Å². The molecule has 86 valence electrons. The first-order chi connectivity index (χ1) is 8.16. The van der Waals surface area contributed by atoms with Crippen molar-refractivity contribution >= 4 is 11.7 Å². The van der Waals surface area contributed by atoms with Crippen LogP contribution in [0.4, 0.5) is 5.69 Å². The summed E-state index contributed by atoms with van der Waals surface area (Å²) < 4.78 is 0. The third-order valence-corrected chi connectivity index (χ3v) is 2.59. The summed E-state index contributed by atoms with van der Waals surface area (Å²) in [6.45, 7) is 0. The van der Waals surface area contributed by atoms with Gasteiger partial charge in [0.1, 0.15) is 0 Å². The largest absolute Gasteiger partial charge is 0.550 e. The fraction of sp³-hybridized carbons (Fsp3) is 0.0714. The average Bonchev–Trinajstić information content (AvgIpc) is 2.32. The number of carbonyl (C=O) groups excluding carboxylic acids is 1. The highest BCUT2D eigenvalue weighted by Gasteiger charge is 2.02. The number of anilines is 1. The number of hydrogen-bond acceptors (Lipinski definition) is 3. The Morgan fingerprint density at radius 1 is 1.06 bits per heavy atom. The minimum atomic E-state index is -1.12. The van der Waals surface area contributed by atoms with Crippen LogP contribution in [0.1, 0.15) is 5.56 Å². The van der Waals surface area contributed by atoms with Crippen molar-refractivity contribution in [2.45, 2.75) is 6.42 Å². The maximum Gasteiger partial charge on any atom is 0.0458 e. The number of carboxylic acid groups (broad SMARTS) is 1. The SMILES string of the molecule is Nc1cc(-c2ccccc2)ccc1CC(=O)[O-]. The number of aliphatic carboxylic acids is 1. The lowest BCUT2D eigenvalue weighted by molar-refractivity contribution is -0.304. The molecule has 0 bridgehead atoms. The normalized spacial score (nSPS) is 10.1. The van der Waals surface area contributed by atoms with E-state index in [0.29, 0.717) is 11.3 Å². The zero-order chi connectivity index (χ0) is 12.3. The number of rotatable bonds is 3. The van der Waals surface area contributed by atoms with Gasteiger partial charge in [-0.25, -0.2) is 0 Å². The zero-order valence-electron chi connectivity index (χ0n) is 9.22. The monoisotopic (exact) mass is 226 g/mol. The molecular formula is C14H12NO2-. The smallest absolute Gasteiger partial charge is 0.0458 e. The first-order valence-corrected chi connectivity index (χ1v) is 5.30. The van der Waals surface area contributed by atoms with Crippen LogP contribution in [-0.2, 0) is 11.2 Å². The van der Waals surface area contributed by atoms with Gasteiger partial charge in [0.05, 0.1) is 0 Å². The highest BCUT2D eigenvalue weighted by atomic mass is 16.4. The second-order valence-corrected chi connectivity index (χ2v) is 3.83. The number of hydrogen-bond donors (Lipinski definition) is 1. The highest BCUT2D eigenvalue weighted by molar-refractivity contribution is 5.74. The van der Waals surface area contributed by atoms with Crippen LogP contribution in [0.15, 0.2) is 48.5 Å². The van der Waals surface area contributed by atoms with Crippen molar-refractivity contribution in [1.29, 1.82) is 0 Å². The van der Waals surface area contributed by atoms with E-state index in [1.54, 1.807) is 12.1 Å². The Labute approximate surface area is 99.5 Å².